The van der Waals surface area contributed by atoms with Crippen LogP contribution in [0.5, 0.6) is 11.6 Å². The number of rotatable bonds is 3. The second-order valence-electron chi connectivity index (χ2n) is 4.79. The third-order valence-corrected chi connectivity index (χ3v) is 3.54. The molecular formula is C16H14ClNO4. The average Bonchev–Trinajstić information content (AvgIpc) is 2.56. The van der Waals surface area contributed by atoms with Gasteiger partial charge in [0.25, 0.3) is 5.88 Å². The van der Waals surface area contributed by atoms with Gasteiger partial charge in [-0.15, -0.1) is 0 Å². The van der Waals surface area contributed by atoms with Crippen LogP contribution < -0.4 is 9.47 Å². The standard InChI is InChI=1S/C16H14ClNO4/c1-20-16(19)13-9-11(8-10-2-4-12(17)5-3-10)14-15(18-13)22-7-6-21-14/h2-5,9H,6-8H2,1H3. The quantitative estimate of drug-likeness (QED) is 0.814. The van der Waals surface area contributed by atoms with Crippen LogP contribution in [0.15, 0.2) is 30.3 Å². The number of ether oxygens (including phenoxy) is 3. The highest BCUT2D eigenvalue weighted by atomic mass is 35.5. The molecule has 22 heavy (non-hydrogen) atoms. The SMILES string of the molecule is COC(=O)c1cc(Cc2ccc(Cl)cc2)c2c(n1)OCCO2. The fourth-order valence-corrected chi connectivity index (χ4v) is 2.38. The van der Waals surface area contributed by atoms with E-state index in [2.05, 4.69) is 4.98 Å². The van der Waals surface area contributed by atoms with Gasteiger partial charge in [-0.2, -0.15) is 0 Å². The lowest BCUT2D eigenvalue weighted by atomic mass is 10.0. The zero-order chi connectivity index (χ0) is 15.5. The molecule has 0 radical (unpaired) electrons. The summed E-state index contributed by atoms with van der Waals surface area (Å²) in [4.78, 5) is 15.9. The van der Waals surface area contributed by atoms with Gasteiger partial charge in [0.2, 0.25) is 0 Å². The molecule has 1 aromatic carbocycles. The number of benzene rings is 1. The number of carbonyl (C=O) groups excluding carboxylic acids is 1. The molecule has 0 N–H and O–H groups in total. The molecule has 1 aromatic heterocycles. The number of pyridine rings is 1. The van der Waals surface area contributed by atoms with Crippen LogP contribution in [0.4, 0.5) is 0 Å². The lowest BCUT2D eigenvalue weighted by Gasteiger charge is -2.20. The first-order chi connectivity index (χ1) is 10.7. The zero-order valence-corrected chi connectivity index (χ0v) is 12.7. The van der Waals surface area contributed by atoms with Crippen LogP contribution in [0.25, 0.3) is 0 Å². The van der Waals surface area contributed by atoms with E-state index in [4.69, 9.17) is 25.8 Å². The predicted molar refractivity (Wildman–Crippen MR) is 80.8 cm³/mol. The Morgan fingerprint density at radius 2 is 2.00 bits per heavy atom. The zero-order valence-electron chi connectivity index (χ0n) is 12.0. The normalized spacial score (nSPS) is 12.8. The molecule has 0 saturated carbocycles. The van der Waals surface area contributed by atoms with Crippen molar-refractivity contribution in [2.24, 2.45) is 0 Å². The second kappa shape index (κ2) is 6.23. The van der Waals surface area contributed by atoms with Crippen LogP contribution in [0, 0.1) is 0 Å². The molecule has 2 aromatic rings. The molecule has 0 aliphatic carbocycles. The van der Waals surface area contributed by atoms with E-state index in [-0.39, 0.29) is 5.69 Å². The Hall–Kier alpha value is -2.27. The molecule has 0 amide bonds. The molecule has 0 fully saturated rings. The third kappa shape index (κ3) is 2.99. The van der Waals surface area contributed by atoms with Gasteiger partial charge in [0.1, 0.15) is 13.2 Å². The predicted octanol–water partition coefficient (Wildman–Crippen LogP) is 2.88. The maximum atomic E-state index is 11.7. The van der Waals surface area contributed by atoms with Gasteiger partial charge in [-0.1, -0.05) is 23.7 Å². The van der Waals surface area contributed by atoms with Crippen LogP contribution in [0.2, 0.25) is 5.02 Å². The number of carbonyl (C=O) groups is 1. The maximum absolute atomic E-state index is 11.7. The molecule has 3 rings (SSSR count). The van der Waals surface area contributed by atoms with E-state index in [9.17, 15) is 4.79 Å². The summed E-state index contributed by atoms with van der Waals surface area (Å²) < 4.78 is 15.9. The Kier molecular flexibility index (Phi) is 4.15. The van der Waals surface area contributed by atoms with E-state index in [0.717, 1.165) is 11.1 Å². The number of fused-ring (bicyclic) bond motifs is 1. The van der Waals surface area contributed by atoms with E-state index >= 15 is 0 Å². The molecule has 0 spiro atoms. The van der Waals surface area contributed by atoms with E-state index in [1.54, 1.807) is 6.07 Å². The van der Waals surface area contributed by atoms with Crippen molar-refractivity contribution in [2.45, 2.75) is 6.42 Å². The van der Waals surface area contributed by atoms with Crippen LogP contribution in [0.1, 0.15) is 21.6 Å². The van der Waals surface area contributed by atoms with Crippen molar-refractivity contribution in [3.63, 3.8) is 0 Å². The first-order valence-corrected chi connectivity index (χ1v) is 7.17. The topological polar surface area (TPSA) is 57.7 Å². The summed E-state index contributed by atoms with van der Waals surface area (Å²) in [5.41, 5.74) is 2.07. The summed E-state index contributed by atoms with van der Waals surface area (Å²) in [6.07, 6.45) is 0.579. The van der Waals surface area contributed by atoms with Gasteiger partial charge in [0, 0.05) is 17.0 Å². The summed E-state index contributed by atoms with van der Waals surface area (Å²) in [7, 11) is 1.32. The molecule has 0 bridgehead atoms. The molecule has 0 saturated heterocycles. The number of esters is 1. The van der Waals surface area contributed by atoms with Gasteiger partial charge in [0.15, 0.2) is 11.4 Å². The second-order valence-corrected chi connectivity index (χ2v) is 5.23. The molecule has 5 nitrogen and oxygen atoms in total. The Morgan fingerprint density at radius 1 is 1.27 bits per heavy atom. The Bertz CT molecular complexity index is 700. The van der Waals surface area contributed by atoms with Gasteiger partial charge >= 0.3 is 5.97 Å². The van der Waals surface area contributed by atoms with E-state index in [0.29, 0.717) is 36.3 Å². The summed E-state index contributed by atoms with van der Waals surface area (Å²) >= 11 is 5.90. The summed E-state index contributed by atoms with van der Waals surface area (Å²) in [5, 5.41) is 0.676. The van der Waals surface area contributed by atoms with Crippen molar-refractivity contribution >= 4 is 17.6 Å². The van der Waals surface area contributed by atoms with Gasteiger partial charge in [-0.25, -0.2) is 9.78 Å². The first kappa shape index (κ1) is 14.7. The van der Waals surface area contributed by atoms with Crippen LogP contribution >= 0.6 is 11.6 Å². The molecule has 6 heteroatoms. The number of aromatic nitrogens is 1. The average molecular weight is 320 g/mol. The van der Waals surface area contributed by atoms with Crippen molar-refractivity contribution in [1.82, 2.24) is 4.98 Å². The molecular weight excluding hydrogens is 306 g/mol. The van der Waals surface area contributed by atoms with E-state index < -0.39 is 5.97 Å². The maximum Gasteiger partial charge on any atom is 0.356 e. The van der Waals surface area contributed by atoms with Crippen molar-refractivity contribution in [2.75, 3.05) is 20.3 Å². The number of methoxy groups -OCH3 is 1. The molecule has 0 unspecified atom stereocenters. The Balaban J connectivity index is 2.00. The minimum absolute atomic E-state index is 0.204. The smallest absolute Gasteiger partial charge is 0.356 e. The Labute approximate surface area is 132 Å². The monoisotopic (exact) mass is 319 g/mol. The highest BCUT2D eigenvalue weighted by Gasteiger charge is 2.22. The number of hydrogen-bond donors (Lipinski definition) is 0. The molecule has 1 aliphatic heterocycles. The highest BCUT2D eigenvalue weighted by molar-refractivity contribution is 6.30. The van der Waals surface area contributed by atoms with Gasteiger partial charge in [0.05, 0.1) is 7.11 Å². The van der Waals surface area contributed by atoms with Crippen molar-refractivity contribution in [3.05, 3.63) is 52.2 Å². The molecule has 0 atom stereocenters. The van der Waals surface area contributed by atoms with Gasteiger partial charge in [-0.05, 0) is 23.8 Å². The van der Waals surface area contributed by atoms with Gasteiger partial charge < -0.3 is 14.2 Å². The van der Waals surface area contributed by atoms with E-state index in [1.165, 1.54) is 7.11 Å². The largest absolute Gasteiger partial charge is 0.484 e. The summed E-state index contributed by atoms with van der Waals surface area (Å²) in [6.45, 7) is 0.866. The summed E-state index contributed by atoms with van der Waals surface area (Å²) in [5.74, 6) is 0.404. The van der Waals surface area contributed by atoms with Gasteiger partial charge in [-0.3, -0.25) is 0 Å². The minimum atomic E-state index is -0.505. The van der Waals surface area contributed by atoms with Crippen LogP contribution in [-0.2, 0) is 11.2 Å². The van der Waals surface area contributed by atoms with Crippen LogP contribution in [-0.4, -0.2) is 31.3 Å². The lowest BCUT2D eigenvalue weighted by Crippen LogP contribution is -2.19. The van der Waals surface area contributed by atoms with Crippen LogP contribution in [0.3, 0.4) is 0 Å². The number of nitrogens with zero attached hydrogens (tertiary/aromatic N) is 1. The fraction of sp³-hybridized carbons (Fsp3) is 0.250. The van der Waals surface area contributed by atoms with Crippen molar-refractivity contribution in [1.29, 1.82) is 0 Å². The number of halogens is 1. The van der Waals surface area contributed by atoms with E-state index in [1.807, 2.05) is 24.3 Å². The van der Waals surface area contributed by atoms with Crippen molar-refractivity contribution < 1.29 is 19.0 Å². The fourth-order valence-electron chi connectivity index (χ4n) is 2.26. The first-order valence-electron chi connectivity index (χ1n) is 6.79. The summed E-state index contributed by atoms with van der Waals surface area (Å²) in [6, 6.07) is 9.17. The highest BCUT2D eigenvalue weighted by Crippen LogP contribution is 2.34. The van der Waals surface area contributed by atoms with Crippen molar-refractivity contribution in [3.8, 4) is 11.6 Å². The number of hydrogen-bond acceptors (Lipinski definition) is 5. The minimum Gasteiger partial charge on any atom is -0.484 e. The molecule has 114 valence electrons. The molecule has 2 heterocycles. The molecule has 1 aliphatic rings. The third-order valence-electron chi connectivity index (χ3n) is 3.29. The Morgan fingerprint density at radius 3 is 2.73 bits per heavy atom. The lowest BCUT2D eigenvalue weighted by molar-refractivity contribution is 0.0591.